The molecule has 7 heteroatoms. The van der Waals surface area contributed by atoms with Crippen molar-refractivity contribution >= 4 is 11.6 Å². The van der Waals surface area contributed by atoms with Crippen molar-refractivity contribution in [2.24, 2.45) is 0 Å². The number of nitrogens with one attached hydrogen (secondary N) is 2. The molecule has 0 unspecified atom stereocenters. The minimum atomic E-state index is -4.76. The van der Waals surface area contributed by atoms with E-state index < -0.39 is 12.4 Å². The average molecular weight is 286 g/mol. The van der Waals surface area contributed by atoms with Gasteiger partial charge in [-0.1, -0.05) is 12.6 Å². The zero-order valence-electron chi connectivity index (χ0n) is 10.5. The van der Waals surface area contributed by atoms with Gasteiger partial charge in [-0.05, 0) is 25.0 Å². The highest BCUT2D eigenvalue weighted by atomic mass is 19.4. The van der Waals surface area contributed by atoms with Gasteiger partial charge in [0.2, 0.25) is 5.91 Å². The molecule has 1 fully saturated rings. The number of allylic oxidation sites excluding steroid dienone is 1. The molecule has 1 heterocycles. The van der Waals surface area contributed by atoms with E-state index >= 15 is 0 Å². The Morgan fingerprint density at radius 3 is 2.80 bits per heavy atom. The summed E-state index contributed by atoms with van der Waals surface area (Å²) < 4.78 is 40.1. The summed E-state index contributed by atoms with van der Waals surface area (Å²) in [7, 11) is 0. The topological polar surface area (TPSA) is 50.4 Å². The molecule has 2 N–H and O–H groups in total. The number of carbonyl (C=O) groups is 1. The highest BCUT2D eigenvalue weighted by molar-refractivity contribution is 5.95. The van der Waals surface area contributed by atoms with Gasteiger partial charge in [0.15, 0.2) is 0 Å². The molecule has 108 valence electrons. The van der Waals surface area contributed by atoms with E-state index in [0.29, 0.717) is 12.8 Å². The van der Waals surface area contributed by atoms with Crippen molar-refractivity contribution in [3.63, 3.8) is 0 Å². The first kappa shape index (κ1) is 14.2. The lowest BCUT2D eigenvalue weighted by atomic mass is 10.2. The Balaban J connectivity index is 2.01. The zero-order valence-corrected chi connectivity index (χ0v) is 10.5. The number of alkyl halides is 3. The third kappa shape index (κ3) is 3.91. The summed E-state index contributed by atoms with van der Waals surface area (Å²) in [5.41, 5.74) is 1.02. The lowest BCUT2D eigenvalue weighted by Crippen LogP contribution is -2.34. The molecule has 4 nitrogen and oxygen atoms in total. The molecule has 0 saturated carbocycles. The predicted octanol–water partition coefficient (Wildman–Crippen LogP) is 2.79. The summed E-state index contributed by atoms with van der Waals surface area (Å²) in [5, 5.41) is 5.45. The van der Waals surface area contributed by atoms with Crippen LogP contribution in [0.25, 0.3) is 0 Å². The van der Waals surface area contributed by atoms with Crippen LogP contribution in [0.5, 0.6) is 5.75 Å². The van der Waals surface area contributed by atoms with E-state index in [4.69, 9.17) is 0 Å². The number of ether oxygens (including phenoxy) is 1. The molecule has 0 aromatic heterocycles. The summed E-state index contributed by atoms with van der Waals surface area (Å²) >= 11 is 0. The van der Waals surface area contributed by atoms with Crippen molar-refractivity contribution in [2.75, 3.05) is 5.32 Å². The molecule has 0 spiro atoms. The van der Waals surface area contributed by atoms with Crippen LogP contribution in [0.2, 0.25) is 0 Å². The van der Waals surface area contributed by atoms with Crippen molar-refractivity contribution in [2.45, 2.75) is 25.2 Å². The molecule has 1 atom stereocenters. The van der Waals surface area contributed by atoms with Crippen molar-refractivity contribution < 1.29 is 22.7 Å². The van der Waals surface area contributed by atoms with Gasteiger partial charge in [0.25, 0.3) is 0 Å². The van der Waals surface area contributed by atoms with E-state index in [2.05, 4.69) is 21.9 Å². The predicted molar refractivity (Wildman–Crippen MR) is 67.1 cm³/mol. The van der Waals surface area contributed by atoms with Crippen LogP contribution in [-0.2, 0) is 4.79 Å². The van der Waals surface area contributed by atoms with Gasteiger partial charge < -0.3 is 15.4 Å². The van der Waals surface area contributed by atoms with Crippen LogP contribution in [-0.4, -0.2) is 18.3 Å². The Bertz CT molecular complexity index is 529. The monoisotopic (exact) mass is 286 g/mol. The van der Waals surface area contributed by atoms with Crippen LogP contribution < -0.4 is 15.4 Å². The third-order valence-electron chi connectivity index (χ3n) is 2.76. The number of hydrogen-bond acceptors (Lipinski definition) is 3. The van der Waals surface area contributed by atoms with Crippen LogP contribution >= 0.6 is 0 Å². The number of carbonyl (C=O) groups excluding carboxylic acids is 1. The fourth-order valence-corrected chi connectivity index (χ4v) is 1.91. The number of amides is 1. The lowest BCUT2D eigenvalue weighted by molar-refractivity contribution is -0.274. The van der Waals surface area contributed by atoms with Gasteiger partial charge in [-0.2, -0.15) is 0 Å². The molecule has 1 aromatic carbocycles. The summed E-state index contributed by atoms with van der Waals surface area (Å²) in [6.07, 6.45) is -3.44. The largest absolute Gasteiger partial charge is 0.573 e. The van der Waals surface area contributed by atoms with Gasteiger partial charge in [0.1, 0.15) is 11.8 Å². The summed E-state index contributed by atoms with van der Waals surface area (Å²) in [4.78, 5) is 11.9. The lowest BCUT2D eigenvalue weighted by Gasteiger charge is -2.13. The maximum atomic E-state index is 12.1. The second-order valence-corrected chi connectivity index (χ2v) is 4.40. The van der Waals surface area contributed by atoms with Gasteiger partial charge in [0.05, 0.1) is 0 Å². The highest BCUT2D eigenvalue weighted by Crippen LogP contribution is 2.25. The number of halogens is 3. The number of anilines is 1. The van der Waals surface area contributed by atoms with Gasteiger partial charge in [-0.15, -0.1) is 13.2 Å². The van der Waals surface area contributed by atoms with Crippen LogP contribution in [0, 0.1) is 0 Å². The summed E-state index contributed by atoms with van der Waals surface area (Å²) in [6.45, 7) is 3.71. The molecule has 20 heavy (non-hydrogen) atoms. The average Bonchev–Trinajstić information content (AvgIpc) is 2.74. The van der Waals surface area contributed by atoms with Crippen molar-refractivity contribution in [1.82, 2.24) is 5.32 Å². The van der Waals surface area contributed by atoms with E-state index in [0.717, 1.165) is 11.8 Å². The normalized spacial score (nSPS) is 18.6. The Morgan fingerprint density at radius 1 is 1.45 bits per heavy atom. The zero-order chi connectivity index (χ0) is 14.8. The van der Waals surface area contributed by atoms with E-state index in [1.807, 2.05) is 0 Å². The Hall–Kier alpha value is -2.18. The number of benzene rings is 1. The first-order valence-corrected chi connectivity index (χ1v) is 5.94. The minimum Gasteiger partial charge on any atom is -0.406 e. The fraction of sp³-hybridized carbons (Fsp3) is 0.308. The van der Waals surface area contributed by atoms with Crippen LogP contribution in [0.4, 0.5) is 18.9 Å². The standard InChI is InChI=1S/C13H13F3N2O2/c1-8-5-6-11(17-8)12(19)18-9-3-2-4-10(7-9)20-13(14,15)16/h2-4,7,11,17H,1,5-6H2,(H,18,19)/t11-/m0/s1. The van der Waals surface area contributed by atoms with Crippen molar-refractivity contribution in [3.8, 4) is 5.75 Å². The fourth-order valence-electron chi connectivity index (χ4n) is 1.91. The van der Waals surface area contributed by atoms with E-state index in [9.17, 15) is 18.0 Å². The van der Waals surface area contributed by atoms with Gasteiger partial charge in [-0.25, -0.2) is 0 Å². The second-order valence-electron chi connectivity index (χ2n) is 4.40. The first-order chi connectivity index (χ1) is 9.33. The molecule has 1 aromatic rings. The van der Waals surface area contributed by atoms with Crippen molar-refractivity contribution in [3.05, 3.63) is 36.5 Å². The molecule has 0 radical (unpaired) electrons. The molecule has 1 aliphatic heterocycles. The Morgan fingerprint density at radius 2 is 2.20 bits per heavy atom. The maximum Gasteiger partial charge on any atom is 0.573 e. The number of hydrogen-bond donors (Lipinski definition) is 2. The quantitative estimate of drug-likeness (QED) is 0.898. The van der Waals surface area contributed by atoms with Crippen LogP contribution in [0.1, 0.15) is 12.8 Å². The Labute approximate surface area is 113 Å². The first-order valence-electron chi connectivity index (χ1n) is 5.94. The third-order valence-corrected chi connectivity index (χ3v) is 2.76. The van der Waals surface area contributed by atoms with E-state index in [1.54, 1.807) is 0 Å². The number of rotatable bonds is 3. The van der Waals surface area contributed by atoms with Gasteiger partial charge in [-0.3, -0.25) is 4.79 Å². The molecular formula is C13H13F3N2O2. The molecule has 2 rings (SSSR count). The molecule has 0 aliphatic carbocycles. The second kappa shape index (κ2) is 5.44. The van der Waals surface area contributed by atoms with E-state index in [-0.39, 0.29) is 17.3 Å². The van der Waals surface area contributed by atoms with Gasteiger partial charge in [0, 0.05) is 17.5 Å². The van der Waals surface area contributed by atoms with Crippen LogP contribution in [0.15, 0.2) is 36.5 Å². The van der Waals surface area contributed by atoms with E-state index in [1.165, 1.54) is 18.2 Å². The van der Waals surface area contributed by atoms with Gasteiger partial charge >= 0.3 is 6.36 Å². The summed E-state index contributed by atoms with van der Waals surface area (Å²) in [5.74, 6) is -0.688. The molecular weight excluding hydrogens is 273 g/mol. The molecule has 1 amide bonds. The van der Waals surface area contributed by atoms with Crippen molar-refractivity contribution in [1.29, 1.82) is 0 Å². The molecule has 0 bridgehead atoms. The maximum absolute atomic E-state index is 12.1. The SMILES string of the molecule is C=C1CC[C@@H](C(=O)Nc2cccc(OC(F)(F)F)c2)N1. The summed E-state index contributed by atoms with van der Waals surface area (Å²) in [6, 6.07) is 4.74. The van der Waals surface area contributed by atoms with Crippen LogP contribution in [0.3, 0.4) is 0 Å². The molecule has 1 aliphatic rings. The highest BCUT2D eigenvalue weighted by Gasteiger charge is 2.31. The Kier molecular flexibility index (Phi) is 3.87. The smallest absolute Gasteiger partial charge is 0.406 e. The minimum absolute atomic E-state index is 0.246. The molecule has 1 saturated heterocycles.